The maximum Gasteiger partial charge on any atom is 0.0645 e. The lowest BCUT2D eigenvalue weighted by Gasteiger charge is -2.14. The SMILES string of the molecule is CCC(NC)c1ccc(-c2cnn(-c3ccccc3)c2)cc1. The number of para-hydroxylation sites is 1. The summed E-state index contributed by atoms with van der Waals surface area (Å²) < 4.78 is 1.91. The van der Waals surface area contributed by atoms with Gasteiger partial charge in [-0.3, -0.25) is 0 Å². The Hall–Kier alpha value is -2.39. The lowest BCUT2D eigenvalue weighted by molar-refractivity contribution is 0.577. The summed E-state index contributed by atoms with van der Waals surface area (Å²) in [4.78, 5) is 0. The summed E-state index contributed by atoms with van der Waals surface area (Å²) in [6, 6.07) is 19.3. The van der Waals surface area contributed by atoms with Crippen LogP contribution in [-0.2, 0) is 0 Å². The summed E-state index contributed by atoms with van der Waals surface area (Å²) in [6.07, 6.45) is 5.07. The minimum Gasteiger partial charge on any atom is -0.313 e. The van der Waals surface area contributed by atoms with Gasteiger partial charge >= 0.3 is 0 Å². The first-order chi connectivity index (χ1) is 10.8. The van der Waals surface area contributed by atoms with Crippen LogP contribution in [0.2, 0.25) is 0 Å². The minimum atomic E-state index is 0.418. The molecule has 112 valence electrons. The molecule has 0 radical (unpaired) electrons. The molecule has 0 amide bonds. The van der Waals surface area contributed by atoms with Crippen LogP contribution < -0.4 is 5.32 Å². The average Bonchev–Trinajstić information content (AvgIpc) is 3.07. The fourth-order valence-corrected chi connectivity index (χ4v) is 2.71. The van der Waals surface area contributed by atoms with Gasteiger partial charge in [0.05, 0.1) is 11.9 Å². The number of rotatable bonds is 5. The molecule has 3 aromatic rings. The van der Waals surface area contributed by atoms with Gasteiger partial charge in [-0.05, 0) is 36.7 Å². The van der Waals surface area contributed by atoms with E-state index in [0.29, 0.717) is 6.04 Å². The predicted octanol–water partition coefficient (Wildman–Crippen LogP) is 4.21. The molecule has 3 nitrogen and oxygen atoms in total. The number of aromatic nitrogens is 2. The molecule has 0 aliphatic heterocycles. The molecule has 2 aromatic carbocycles. The van der Waals surface area contributed by atoms with Crippen molar-refractivity contribution in [1.82, 2.24) is 15.1 Å². The van der Waals surface area contributed by atoms with Crippen molar-refractivity contribution in [3.05, 3.63) is 72.6 Å². The zero-order valence-electron chi connectivity index (χ0n) is 13.0. The Kier molecular flexibility index (Phi) is 4.35. The second-order valence-electron chi connectivity index (χ2n) is 5.38. The third-order valence-electron chi connectivity index (χ3n) is 4.01. The van der Waals surface area contributed by atoms with Crippen LogP contribution in [0, 0.1) is 0 Å². The summed E-state index contributed by atoms with van der Waals surface area (Å²) >= 11 is 0. The largest absolute Gasteiger partial charge is 0.313 e. The molecule has 0 fully saturated rings. The molecule has 0 saturated carbocycles. The molecule has 1 heterocycles. The van der Waals surface area contributed by atoms with Crippen LogP contribution in [0.1, 0.15) is 24.9 Å². The van der Waals surface area contributed by atoms with Gasteiger partial charge in [-0.25, -0.2) is 4.68 Å². The first-order valence-electron chi connectivity index (χ1n) is 7.69. The van der Waals surface area contributed by atoms with E-state index in [1.54, 1.807) is 0 Å². The van der Waals surface area contributed by atoms with Crippen molar-refractivity contribution in [3.63, 3.8) is 0 Å². The van der Waals surface area contributed by atoms with Gasteiger partial charge in [0, 0.05) is 17.8 Å². The summed E-state index contributed by atoms with van der Waals surface area (Å²) in [5.74, 6) is 0. The fourth-order valence-electron chi connectivity index (χ4n) is 2.71. The summed E-state index contributed by atoms with van der Waals surface area (Å²) in [5, 5.41) is 7.79. The van der Waals surface area contributed by atoms with E-state index in [2.05, 4.69) is 59.9 Å². The van der Waals surface area contributed by atoms with Crippen LogP contribution in [0.5, 0.6) is 0 Å². The van der Waals surface area contributed by atoms with Crippen molar-refractivity contribution in [2.45, 2.75) is 19.4 Å². The maximum atomic E-state index is 4.46. The molecular formula is C19H21N3. The molecular weight excluding hydrogens is 270 g/mol. The Morgan fingerprint density at radius 1 is 1.00 bits per heavy atom. The van der Waals surface area contributed by atoms with E-state index in [0.717, 1.165) is 17.7 Å². The van der Waals surface area contributed by atoms with Crippen molar-refractivity contribution >= 4 is 0 Å². The van der Waals surface area contributed by atoms with Crippen LogP contribution in [-0.4, -0.2) is 16.8 Å². The van der Waals surface area contributed by atoms with E-state index in [1.807, 2.05) is 36.1 Å². The molecule has 3 heteroatoms. The second-order valence-corrected chi connectivity index (χ2v) is 5.38. The third kappa shape index (κ3) is 2.95. The maximum absolute atomic E-state index is 4.46. The highest BCUT2D eigenvalue weighted by atomic mass is 15.3. The first-order valence-corrected chi connectivity index (χ1v) is 7.69. The molecule has 3 rings (SSSR count). The molecule has 22 heavy (non-hydrogen) atoms. The van der Waals surface area contributed by atoms with E-state index in [9.17, 15) is 0 Å². The normalized spacial score (nSPS) is 12.3. The zero-order valence-corrected chi connectivity index (χ0v) is 13.0. The van der Waals surface area contributed by atoms with Crippen LogP contribution >= 0.6 is 0 Å². The minimum absolute atomic E-state index is 0.418. The monoisotopic (exact) mass is 291 g/mol. The van der Waals surface area contributed by atoms with Gasteiger partial charge in [0.1, 0.15) is 0 Å². The molecule has 1 aromatic heterocycles. The van der Waals surface area contributed by atoms with Crippen molar-refractivity contribution in [2.24, 2.45) is 0 Å². The van der Waals surface area contributed by atoms with Gasteiger partial charge < -0.3 is 5.32 Å². The van der Waals surface area contributed by atoms with Crippen molar-refractivity contribution in [2.75, 3.05) is 7.05 Å². The number of nitrogens with one attached hydrogen (secondary N) is 1. The van der Waals surface area contributed by atoms with Crippen LogP contribution in [0.15, 0.2) is 67.0 Å². The highest BCUT2D eigenvalue weighted by molar-refractivity contribution is 5.62. The van der Waals surface area contributed by atoms with Gasteiger partial charge in [-0.2, -0.15) is 5.10 Å². The van der Waals surface area contributed by atoms with Gasteiger partial charge in [0.2, 0.25) is 0 Å². The van der Waals surface area contributed by atoms with E-state index >= 15 is 0 Å². The van der Waals surface area contributed by atoms with Crippen LogP contribution in [0.4, 0.5) is 0 Å². The molecule has 0 spiro atoms. The second kappa shape index (κ2) is 6.58. The Morgan fingerprint density at radius 2 is 1.73 bits per heavy atom. The number of nitrogens with zero attached hydrogens (tertiary/aromatic N) is 2. The molecule has 0 aliphatic rings. The summed E-state index contributed by atoms with van der Waals surface area (Å²) in [6.45, 7) is 2.19. The number of hydrogen-bond donors (Lipinski definition) is 1. The smallest absolute Gasteiger partial charge is 0.0645 e. The predicted molar refractivity (Wildman–Crippen MR) is 91.1 cm³/mol. The summed E-state index contributed by atoms with van der Waals surface area (Å²) in [7, 11) is 2.01. The van der Waals surface area contributed by atoms with Gasteiger partial charge in [0.25, 0.3) is 0 Å². The number of benzene rings is 2. The molecule has 1 unspecified atom stereocenters. The molecule has 0 saturated heterocycles. The van der Waals surface area contributed by atoms with E-state index in [4.69, 9.17) is 0 Å². The van der Waals surface area contributed by atoms with Gasteiger partial charge in [-0.1, -0.05) is 49.4 Å². The lowest BCUT2D eigenvalue weighted by Crippen LogP contribution is -2.14. The highest BCUT2D eigenvalue weighted by Gasteiger charge is 2.07. The van der Waals surface area contributed by atoms with E-state index in [1.165, 1.54) is 11.1 Å². The highest BCUT2D eigenvalue weighted by Crippen LogP contribution is 2.23. The van der Waals surface area contributed by atoms with Crippen LogP contribution in [0.3, 0.4) is 0 Å². The average molecular weight is 291 g/mol. The van der Waals surface area contributed by atoms with Gasteiger partial charge in [-0.15, -0.1) is 0 Å². The zero-order chi connectivity index (χ0) is 15.4. The number of hydrogen-bond acceptors (Lipinski definition) is 2. The quantitative estimate of drug-likeness (QED) is 0.763. The lowest BCUT2D eigenvalue weighted by atomic mass is 10.0. The van der Waals surface area contributed by atoms with Gasteiger partial charge in [0.15, 0.2) is 0 Å². The van der Waals surface area contributed by atoms with E-state index < -0.39 is 0 Å². The van der Waals surface area contributed by atoms with E-state index in [-0.39, 0.29) is 0 Å². The van der Waals surface area contributed by atoms with Crippen molar-refractivity contribution in [3.8, 4) is 16.8 Å². The Bertz CT molecular complexity index is 710. The fraction of sp³-hybridized carbons (Fsp3) is 0.211. The topological polar surface area (TPSA) is 29.9 Å². The molecule has 0 bridgehead atoms. The summed E-state index contributed by atoms with van der Waals surface area (Å²) in [5.41, 5.74) is 4.72. The standard InChI is InChI=1S/C19H21N3/c1-3-19(20-2)16-11-9-15(10-12-16)17-13-21-22(14-17)18-7-5-4-6-8-18/h4-14,19-20H,3H2,1-2H3. The van der Waals surface area contributed by atoms with Crippen molar-refractivity contribution in [1.29, 1.82) is 0 Å². The Labute approximate surface area is 131 Å². The van der Waals surface area contributed by atoms with Crippen LogP contribution in [0.25, 0.3) is 16.8 Å². The first kappa shape index (κ1) is 14.5. The van der Waals surface area contributed by atoms with Crippen molar-refractivity contribution < 1.29 is 0 Å². The third-order valence-corrected chi connectivity index (χ3v) is 4.01. The molecule has 0 aliphatic carbocycles. The molecule has 1 atom stereocenters. The Balaban J connectivity index is 1.85. The molecule has 1 N–H and O–H groups in total. The Morgan fingerprint density at radius 3 is 2.36 bits per heavy atom.